The Morgan fingerprint density at radius 1 is 1.22 bits per heavy atom. The predicted molar refractivity (Wildman–Crippen MR) is 74.1 cm³/mol. The molecular formula is C15H28N2O. The molecule has 1 saturated heterocycles. The summed E-state index contributed by atoms with van der Waals surface area (Å²) in [5, 5.41) is 0. The van der Waals surface area contributed by atoms with Gasteiger partial charge in [-0.3, -0.25) is 4.79 Å². The lowest BCUT2D eigenvalue weighted by Gasteiger charge is -2.37. The summed E-state index contributed by atoms with van der Waals surface area (Å²) in [7, 11) is 0. The van der Waals surface area contributed by atoms with Crippen molar-refractivity contribution in [2.75, 3.05) is 13.1 Å². The second-order valence-electron chi connectivity index (χ2n) is 6.17. The van der Waals surface area contributed by atoms with Crippen LogP contribution in [0.5, 0.6) is 0 Å². The quantitative estimate of drug-likeness (QED) is 0.839. The van der Waals surface area contributed by atoms with Crippen LogP contribution in [-0.2, 0) is 4.79 Å². The molecule has 1 aliphatic carbocycles. The van der Waals surface area contributed by atoms with Crippen molar-refractivity contribution in [3.05, 3.63) is 0 Å². The van der Waals surface area contributed by atoms with Crippen LogP contribution in [0.25, 0.3) is 0 Å². The van der Waals surface area contributed by atoms with E-state index in [0.29, 0.717) is 23.8 Å². The van der Waals surface area contributed by atoms with E-state index in [1.807, 2.05) is 0 Å². The fourth-order valence-corrected chi connectivity index (χ4v) is 3.48. The molecule has 0 radical (unpaired) electrons. The van der Waals surface area contributed by atoms with Crippen LogP contribution in [0, 0.1) is 11.8 Å². The SMILES string of the molecule is CCC1CN(C(=O)CC2CCCCC2)CCC1N. The molecule has 2 fully saturated rings. The molecule has 0 spiro atoms. The van der Waals surface area contributed by atoms with Crippen LogP contribution in [0.4, 0.5) is 0 Å². The molecule has 0 aromatic rings. The maximum atomic E-state index is 12.3. The largest absolute Gasteiger partial charge is 0.342 e. The maximum absolute atomic E-state index is 12.3. The number of hydrogen-bond acceptors (Lipinski definition) is 2. The molecule has 2 aliphatic rings. The van der Waals surface area contributed by atoms with Gasteiger partial charge in [0.2, 0.25) is 5.91 Å². The molecule has 2 unspecified atom stereocenters. The van der Waals surface area contributed by atoms with Crippen molar-refractivity contribution in [3.63, 3.8) is 0 Å². The van der Waals surface area contributed by atoms with E-state index in [0.717, 1.165) is 32.4 Å². The molecule has 1 amide bonds. The summed E-state index contributed by atoms with van der Waals surface area (Å²) in [6.45, 7) is 3.95. The third-order valence-corrected chi connectivity index (χ3v) is 4.86. The van der Waals surface area contributed by atoms with Gasteiger partial charge in [0.25, 0.3) is 0 Å². The van der Waals surface area contributed by atoms with Crippen LogP contribution < -0.4 is 5.73 Å². The zero-order valence-corrected chi connectivity index (χ0v) is 11.7. The lowest BCUT2D eigenvalue weighted by molar-refractivity contribution is -0.134. The Morgan fingerprint density at radius 2 is 1.94 bits per heavy atom. The van der Waals surface area contributed by atoms with Gasteiger partial charge in [0, 0.05) is 25.6 Å². The van der Waals surface area contributed by atoms with Gasteiger partial charge in [-0.15, -0.1) is 0 Å². The minimum absolute atomic E-state index is 0.300. The average molecular weight is 252 g/mol. The van der Waals surface area contributed by atoms with Crippen LogP contribution in [0.2, 0.25) is 0 Å². The molecule has 1 aliphatic heterocycles. The molecule has 1 saturated carbocycles. The second kappa shape index (κ2) is 6.55. The Labute approximate surface area is 111 Å². The van der Waals surface area contributed by atoms with E-state index < -0.39 is 0 Å². The first kappa shape index (κ1) is 13.9. The molecule has 1 heterocycles. The van der Waals surface area contributed by atoms with Crippen LogP contribution in [-0.4, -0.2) is 29.9 Å². The van der Waals surface area contributed by atoms with E-state index >= 15 is 0 Å². The summed E-state index contributed by atoms with van der Waals surface area (Å²) in [5.41, 5.74) is 6.10. The van der Waals surface area contributed by atoms with Crippen molar-refractivity contribution in [3.8, 4) is 0 Å². The fourth-order valence-electron chi connectivity index (χ4n) is 3.48. The highest BCUT2D eigenvalue weighted by molar-refractivity contribution is 5.76. The van der Waals surface area contributed by atoms with Gasteiger partial charge in [-0.05, 0) is 31.1 Å². The molecule has 0 aromatic carbocycles. The maximum Gasteiger partial charge on any atom is 0.222 e. The lowest BCUT2D eigenvalue weighted by Crippen LogP contribution is -2.49. The van der Waals surface area contributed by atoms with E-state index in [-0.39, 0.29) is 0 Å². The summed E-state index contributed by atoms with van der Waals surface area (Å²) in [5.74, 6) is 1.54. The molecular weight excluding hydrogens is 224 g/mol. The molecule has 0 bridgehead atoms. The number of amides is 1. The predicted octanol–water partition coefficient (Wildman–Crippen LogP) is 2.54. The number of likely N-dealkylation sites (tertiary alicyclic amines) is 1. The average Bonchev–Trinajstić information content (AvgIpc) is 2.40. The highest BCUT2D eigenvalue weighted by Gasteiger charge is 2.29. The summed E-state index contributed by atoms with van der Waals surface area (Å²) in [4.78, 5) is 14.4. The van der Waals surface area contributed by atoms with Crippen LogP contribution in [0.3, 0.4) is 0 Å². The van der Waals surface area contributed by atoms with Crippen molar-refractivity contribution < 1.29 is 4.79 Å². The van der Waals surface area contributed by atoms with Crippen molar-refractivity contribution in [2.45, 2.75) is 64.3 Å². The monoisotopic (exact) mass is 252 g/mol. The lowest BCUT2D eigenvalue weighted by atomic mass is 9.85. The number of carbonyl (C=O) groups excluding carboxylic acids is 1. The van der Waals surface area contributed by atoms with Crippen molar-refractivity contribution in [2.24, 2.45) is 17.6 Å². The van der Waals surface area contributed by atoms with Crippen molar-refractivity contribution >= 4 is 5.91 Å². The molecule has 2 atom stereocenters. The molecule has 18 heavy (non-hydrogen) atoms. The van der Waals surface area contributed by atoms with Gasteiger partial charge < -0.3 is 10.6 Å². The molecule has 3 nitrogen and oxygen atoms in total. The summed E-state index contributed by atoms with van der Waals surface area (Å²) in [6, 6.07) is 0.300. The molecule has 3 heteroatoms. The second-order valence-corrected chi connectivity index (χ2v) is 6.17. The van der Waals surface area contributed by atoms with Gasteiger partial charge in [0.05, 0.1) is 0 Å². The third-order valence-electron chi connectivity index (χ3n) is 4.86. The number of nitrogens with two attached hydrogens (primary N) is 1. The standard InChI is InChI=1S/C15H28N2O/c1-2-13-11-17(9-8-14(13)16)15(18)10-12-6-4-3-5-7-12/h12-14H,2-11,16H2,1H3. The Balaban J connectivity index is 1.81. The number of hydrogen-bond donors (Lipinski definition) is 1. The minimum Gasteiger partial charge on any atom is -0.342 e. The first-order chi connectivity index (χ1) is 8.70. The van der Waals surface area contributed by atoms with Crippen molar-refractivity contribution in [1.29, 1.82) is 0 Å². The fraction of sp³-hybridized carbons (Fsp3) is 0.933. The normalized spacial score (nSPS) is 30.4. The molecule has 2 N–H and O–H groups in total. The van der Waals surface area contributed by atoms with Gasteiger partial charge in [-0.1, -0.05) is 32.6 Å². The van der Waals surface area contributed by atoms with E-state index in [1.165, 1.54) is 32.1 Å². The Morgan fingerprint density at radius 3 is 2.61 bits per heavy atom. The Bertz CT molecular complexity index is 274. The summed E-state index contributed by atoms with van der Waals surface area (Å²) in [6.07, 6.45) is 9.38. The Hall–Kier alpha value is -0.570. The first-order valence-electron chi connectivity index (χ1n) is 7.74. The van der Waals surface area contributed by atoms with Gasteiger partial charge in [0.15, 0.2) is 0 Å². The van der Waals surface area contributed by atoms with Gasteiger partial charge in [0.1, 0.15) is 0 Å². The van der Waals surface area contributed by atoms with Crippen molar-refractivity contribution in [1.82, 2.24) is 4.90 Å². The first-order valence-corrected chi connectivity index (χ1v) is 7.74. The van der Waals surface area contributed by atoms with Crippen LogP contribution in [0.15, 0.2) is 0 Å². The van der Waals surface area contributed by atoms with Crippen LogP contribution >= 0.6 is 0 Å². The zero-order chi connectivity index (χ0) is 13.0. The summed E-state index contributed by atoms with van der Waals surface area (Å²) < 4.78 is 0. The smallest absolute Gasteiger partial charge is 0.222 e. The topological polar surface area (TPSA) is 46.3 Å². The van der Waals surface area contributed by atoms with E-state index in [4.69, 9.17) is 5.73 Å². The van der Waals surface area contributed by atoms with E-state index in [2.05, 4.69) is 11.8 Å². The summed E-state index contributed by atoms with van der Waals surface area (Å²) >= 11 is 0. The number of piperidine rings is 1. The zero-order valence-electron chi connectivity index (χ0n) is 11.7. The number of carbonyl (C=O) groups is 1. The molecule has 0 aromatic heterocycles. The van der Waals surface area contributed by atoms with E-state index in [1.54, 1.807) is 0 Å². The van der Waals surface area contributed by atoms with Gasteiger partial charge in [-0.25, -0.2) is 0 Å². The van der Waals surface area contributed by atoms with Crippen LogP contribution in [0.1, 0.15) is 58.3 Å². The van der Waals surface area contributed by atoms with Gasteiger partial charge >= 0.3 is 0 Å². The Kier molecular flexibility index (Phi) is 5.04. The van der Waals surface area contributed by atoms with E-state index in [9.17, 15) is 4.79 Å². The molecule has 2 rings (SSSR count). The number of rotatable bonds is 3. The number of nitrogens with zero attached hydrogens (tertiary/aromatic N) is 1. The minimum atomic E-state index is 0.300. The third kappa shape index (κ3) is 3.47. The highest BCUT2D eigenvalue weighted by atomic mass is 16.2. The van der Waals surface area contributed by atoms with Gasteiger partial charge in [-0.2, -0.15) is 0 Å². The molecule has 104 valence electrons. The highest BCUT2D eigenvalue weighted by Crippen LogP contribution is 2.28.